The lowest BCUT2D eigenvalue weighted by atomic mass is 9.71. The molecule has 4 rings (SSSR count). The number of halogens is 2. The van der Waals surface area contributed by atoms with Crippen LogP contribution in [0.3, 0.4) is 0 Å². The number of hydrogen-bond donors (Lipinski definition) is 1. The van der Waals surface area contributed by atoms with Crippen LogP contribution in [-0.4, -0.2) is 61.9 Å². The minimum absolute atomic E-state index is 0.244. The number of hydrogen-bond acceptors (Lipinski definition) is 7. The van der Waals surface area contributed by atoms with Crippen LogP contribution >= 0.6 is 15.9 Å². The van der Waals surface area contributed by atoms with Crippen molar-refractivity contribution in [2.75, 3.05) is 42.0 Å². The molecule has 0 aliphatic heterocycles. The largest absolute Gasteiger partial charge is 0.481 e. The fraction of sp³-hybridized carbons (Fsp3) is 0.333. The lowest BCUT2D eigenvalue weighted by Gasteiger charge is -2.39. The average Bonchev–Trinajstić information content (AvgIpc) is 2.93. The first-order valence-corrected chi connectivity index (χ1v) is 13.3. The molecule has 2 unspecified atom stereocenters. The van der Waals surface area contributed by atoms with E-state index in [1.165, 1.54) is 21.3 Å². The lowest BCUT2D eigenvalue weighted by Crippen LogP contribution is -2.38. The number of benzene rings is 2. The zero-order valence-electron chi connectivity index (χ0n) is 23.0. The lowest BCUT2D eigenvalue weighted by molar-refractivity contribution is 0.00239. The van der Waals surface area contributed by atoms with Gasteiger partial charge in [0.2, 0.25) is 17.6 Å². The zero-order chi connectivity index (χ0) is 28.3. The molecule has 0 spiro atoms. The molecule has 0 radical (unpaired) electrons. The molecular formula is C30H33BrFN3O4. The third-order valence-electron chi connectivity index (χ3n) is 6.92. The Labute approximate surface area is 236 Å². The predicted octanol–water partition coefficient (Wildman–Crippen LogP) is 5.84. The summed E-state index contributed by atoms with van der Waals surface area (Å²) in [7, 11) is 8.36. The van der Waals surface area contributed by atoms with Crippen molar-refractivity contribution < 1.29 is 23.7 Å². The summed E-state index contributed by atoms with van der Waals surface area (Å²) in [5.74, 6) is -0.491. The van der Waals surface area contributed by atoms with Crippen molar-refractivity contribution in [2.45, 2.75) is 24.9 Å². The van der Waals surface area contributed by atoms with Gasteiger partial charge in [-0.25, -0.2) is 9.37 Å². The first-order valence-electron chi connectivity index (χ1n) is 12.5. The minimum Gasteiger partial charge on any atom is -0.481 e. The molecular weight excluding hydrogens is 565 g/mol. The van der Waals surface area contributed by atoms with E-state index in [4.69, 9.17) is 19.2 Å². The average molecular weight is 599 g/mol. The summed E-state index contributed by atoms with van der Waals surface area (Å²) in [5, 5.41) is 13.7. The Morgan fingerprint density at radius 2 is 1.64 bits per heavy atom. The fourth-order valence-corrected chi connectivity index (χ4v) is 5.26. The monoisotopic (exact) mass is 597 g/mol. The van der Waals surface area contributed by atoms with Crippen molar-refractivity contribution in [3.05, 3.63) is 87.1 Å². The van der Waals surface area contributed by atoms with Crippen LogP contribution in [0.5, 0.6) is 17.6 Å². The van der Waals surface area contributed by atoms with Gasteiger partial charge in [0.15, 0.2) is 0 Å². The molecule has 206 valence electrons. The van der Waals surface area contributed by atoms with Gasteiger partial charge in [0, 0.05) is 34.1 Å². The fourth-order valence-electron chi connectivity index (χ4n) is 4.88. The van der Waals surface area contributed by atoms with Crippen LogP contribution in [0.2, 0.25) is 0 Å². The highest BCUT2D eigenvalue weighted by atomic mass is 79.9. The number of rotatable bonds is 10. The third kappa shape index (κ3) is 5.85. The molecule has 1 N–H and O–H groups in total. The Balaban J connectivity index is 2.11. The first kappa shape index (κ1) is 28.7. The van der Waals surface area contributed by atoms with E-state index in [1.807, 2.05) is 43.3 Å². The van der Waals surface area contributed by atoms with Crippen LogP contribution in [0.1, 0.15) is 34.6 Å². The van der Waals surface area contributed by atoms with E-state index < -0.39 is 17.3 Å². The summed E-state index contributed by atoms with van der Waals surface area (Å²) < 4.78 is 33.6. The number of aryl methyl sites for hydroxylation is 1. The summed E-state index contributed by atoms with van der Waals surface area (Å²) in [6.45, 7) is 2.21. The Kier molecular flexibility index (Phi) is 8.73. The van der Waals surface area contributed by atoms with Crippen LogP contribution in [0.25, 0.3) is 10.9 Å². The van der Waals surface area contributed by atoms with Crippen molar-refractivity contribution in [2.24, 2.45) is 0 Å². The van der Waals surface area contributed by atoms with Crippen LogP contribution in [0.15, 0.2) is 59.1 Å². The molecule has 0 aliphatic rings. The second kappa shape index (κ2) is 11.9. The normalized spacial score (nSPS) is 13.8. The molecule has 9 heteroatoms. The Morgan fingerprint density at radius 3 is 2.26 bits per heavy atom. The van der Waals surface area contributed by atoms with Gasteiger partial charge >= 0.3 is 0 Å². The summed E-state index contributed by atoms with van der Waals surface area (Å²) in [6.07, 6.45) is 0.244. The molecule has 0 fully saturated rings. The Bertz CT molecular complexity index is 1460. The highest BCUT2D eigenvalue weighted by Crippen LogP contribution is 2.49. The Hall–Kier alpha value is -3.27. The second-order valence-electron chi connectivity index (χ2n) is 9.75. The second-order valence-corrected chi connectivity index (χ2v) is 10.7. The SMILES string of the molecule is COc1cc(C(O)(CCN(C)C)C(c2cc3cc(Br)ccc3nc2OC)c2cccc(C)c2F)cc(OC)n1. The number of ether oxygens (including phenoxy) is 3. The van der Waals surface area contributed by atoms with E-state index in [-0.39, 0.29) is 18.2 Å². The molecule has 2 atom stereocenters. The van der Waals surface area contributed by atoms with E-state index in [2.05, 4.69) is 20.9 Å². The minimum atomic E-state index is -1.66. The number of aliphatic hydroxyl groups is 1. The van der Waals surface area contributed by atoms with E-state index in [0.29, 0.717) is 40.2 Å². The quantitative estimate of drug-likeness (QED) is 0.246. The predicted molar refractivity (Wildman–Crippen MR) is 153 cm³/mol. The van der Waals surface area contributed by atoms with Gasteiger partial charge in [-0.15, -0.1) is 0 Å². The molecule has 4 aromatic rings. The van der Waals surface area contributed by atoms with E-state index in [0.717, 1.165) is 9.86 Å². The van der Waals surface area contributed by atoms with E-state index in [1.54, 1.807) is 37.3 Å². The highest BCUT2D eigenvalue weighted by Gasteiger charge is 2.44. The molecule has 0 aliphatic carbocycles. The van der Waals surface area contributed by atoms with Crippen LogP contribution in [-0.2, 0) is 5.60 Å². The number of pyridine rings is 2. The van der Waals surface area contributed by atoms with Gasteiger partial charge < -0.3 is 24.2 Å². The summed E-state index contributed by atoms with van der Waals surface area (Å²) in [5.41, 5.74) is 0.857. The number of nitrogens with zero attached hydrogens (tertiary/aromatic N) is 3. The summed E-state index contributed by atoms with van der Waals surface area (Å²) in [6, 6.07) is 16.2. The zero-order valence-corrected chi connectivity index (χ0v) is 24.5. The van der Waals surface area contributed by atoms with Gasteiger partial charge in [0.25, 0.3) is 0 Å². The molecule has 2 heterocycles. The van der Waals surface area contributed by atoms with Crippen molar-refractivity contribution in [1.82, 2.24) is 14.9 Å². The van der Waals surface area contributed by atoms with Gasteiger partial charge in [-0.05, 0) is 68.4 Å². The molecule has 0 saturated carbocycles. The van der Waals surface area contributed by atoms with Crippen molar-refractivity contribution in [3.63, 3.8) is 0 Å². The standard InChI is InChI=1S/C30H33BrFN3O4/c1-18-8-7-9-22(28(18)32)27(23-15-19-14-21(31)10-11-24(19)33-29(23)39-6)30(36,12-13-35(2)3)20-16-25(37-4)34-26(17-20)38-5/h7-11,14-17,27,36H,12-13H2,1-6H3. The molecule has 0 saturated heterocycles. The molecule has 7 nitrogen and oxygen atoms in total. The van der Waals surface area contributed by atoms with Crippen molar-refractivity contribution in [3.8, 4) is 17.6 Å². The highest BCUT2D eigenvalue weighted by molar-refractivity contribution is 9.10. The maximum Gasteiger partial charge on any atom is 0.217 e. The molecule has 2 aromatic heterocycles. The molecule has 2 aromatic carbocycles. The number of fused-ring (bicyclic) bond motifs is 1. The van der Waals surface area contributed by atoms with Crippen LogP contribution in [0.4, 0.5) is 4.39 Å². The summed E-state index contributed by atoms with van der Waals surface area (Å²) in [4.78, 5) is 11.0. The molecule has 0 amide bonds. The van der Waals surface area contributed by atoms with Gasteiger partial charge in [-0.3, -0.25) is 0 Å². The third-order valence-corrected chi connectivity index (χ3v) is 7.41. The number of methoxy groups -OCH3 is 3. The topological polar surface area (TPSA) is 76.9 Å². The van der Waals surface area contributed by atoms with Gasteiger partial charge in [-0.1, -0.05) is 34.1 Å². The van der Waals surface area contributed by atoms with Crippen molar-refractivity contribution in [1.29, 1.82) is 0 Å². The maximum absolute atomic E-state index is 16.0. The van der Waals surface area contributed by atoms with Gasteiger partial charge in [-0.2, -0.15) is 4.98 Å². The number of aromatic nitrogens is 2. The van der Waals surface area contributed by atoms with Crippen LogP contribution < -0.4 is 14.2 Å². The first-order chi connectivity index (χ1) is 18.6. The van der Waals surface area contributed by atoms with Gasteiger partial charge in [0.05, 0.1) is 32.8 Å². The summed E-state index contributed by atoms with van der Waals surface area (Å²) >= 11 is 3.54. The maximum atomic E-state index is 16.0. The van der Waals surface area contributed by atoms with Crippen LogP contribution in [0, 0.1) is 12.7 Å². The van der Waals surface area contributed by atoms with E-state index in [9.17, 15) is 5.11 Å². The molecule has 39 heavy (non-hydrogen) atoms. The smallest absolute Gasteiger partial charge is 0.217 e. The Morgan fingerprint density at radius 1 is 0.949 bits per heavy atom. The van der Waals surface area contributed by atoms with Crippen molar-refractivity contribution >= 4 is 26.8 Å². The van der Waals surface area contributed by atoms with E-state index >= 15 is 4.39 Å². The molecule has 0 bridgehead atoms. The van der Waals surface area contributed by atoms with Gasteiger partial charge in [0.1, 0.15) is 11.4 Å².